The first kappa shape index (κ1) is 17.2. The van der Waals surface area contributed by atoms with Crippen molar-refractivity contribution in [1.82, 2.24) is 4.72 Å². The highest BCUT2D eigenvalue weighted by atomic mass is 32.2. The summed E-state index contributed by atoms with van der Waals surface area (Å²) in [6.45, 7) is 6.84. The van der Waals surface area contributed by atoms with Gasteiger partial charge in [-0.3, -0.25) is 0 Å². The van der Waals surface area contributed by atoms with Crippen LogP contribution in [0.3, 0.4) is 0 Å². The van der Waals surface area contributed by atoms with E-state index in [0.29, 0.717) is 12.5 Å². The van der Waals surface area contributed by atoms with E-state index < -0.39 is 10.0 Å². The molecule has 0 amide bonds. The van der Waals surface area contributed by atoms with E-state index >= 15 is 0 Å². The van der Waals surface area contributed by atoms with Crippen LogP contribution in [0.4, 0.5) is 0 Å². The van der Waals surface area contributed by atoms with Crippen molar-refractivity contribution >= 4 is 10.0 Å². The van der Waals surface area contributed by atoms with Gasteiger partial charge in [0, 0.05) is 6.54 Å². The molecule has 114 valence electrons. The van der Waals surface area contributed by atoms with Crippen molar-refractivity contribution in [3.05, 3.63) is 35.4 Å². The molecule has 20 heavy (non-hydrogen) atoms. The van der Waals surface area contributed by atoms with Crippen LogP contribution in [0.1, 0.15) is 50.7 Å². The molecule has 0 aromatic heterocycles. The Morgan fingerprint density at radius 3 is 2.35 bits per heavy atom. The summed E-state index contributed by atoms with van der Waals surface area (Å²) in [4.78, 5) is 0. The van der Waals surface area contributed by atoms with Gasteiger partial charge in [0.25, 0.3) is 0 Å². The summed E-state index contributed by atoms with van der Waals surface area (Å²) in [5, 5.41) is 0. The molecule has 1 N–H and O–H groups in total. The van der Waals surface area contributed by atoms with Gasteiger partial charge in [-0.05, 0) is 24.8 Å². The van der Waals surface area contributed by atoms with E-state index in [9.17, 15) is 8.42 Å². The van der Waals surface area contributed by atoms with E-state index in [2.05, 4.69) is 18.6 Å². The van der Waals surface area contributed by atoms with E-state index in [1.54, 1.807) is 0 Å². The fraction of sp³-hybridized carbons (Fsp3) is 0.625. The van der Waals surface area contributed by atoms with Crippen LogP contribution < -0.4 is 4.72 Å². The summed E-state index contributed by atoms with van der Waals surface area (Å²) in [6, 6.07) is 7.65. The second-order valence-corrected chi connectivity index (χ2v) is 7.32. The Labute approximate surface area is 123 Å². The largest absolute Gasteiger partial charge is 0.215 e. The highest BCUT2D eigenvalue weighted by Gasteiger charge is 2.14. The number of unbranched alkanes of at least 4 members (excludes halogenated alkanes) is 1. The molecule has 3 nitrogen and oxygen atoms in total. The maximum Gasteiger partial charge on any atom is 0.215 e. The Bertz CT molecular complexity index is 480. The molecule has 1 rings (SSSR count). The molecule has 1 aromatic rings. The molecule has 0 spiro atoms. The summed E-state index contributed by atoms with van der Waals surface area (Å²) in [5.74, 6) is 0.514. The number of aryl methyl sites for hydroxylation is 1. The fourth-order valence-corrected chi connectivity index (χ4v) is 3.37. The second kappa shape index (κ2) is 8.42. The Kier molecular flexibility index (Phi) is 7.24. The molecular weight excluding hydrogens is 270 g/mol. The van der Waals surface area contributed by atoms with E-state index in [0.717, 1.165) is 36.8 Å². The zero-order chi connectivity index (χ0) is 15.0. The van der Waals surface area contributed by atoms with Crippen LogP contribution in [0, 0.1) is 12.8 Å². The number of rotatable bonds is 9. The summed E-state index contributed by atoms with van der Waals surface area (Å²) < 4.78 is 26.9. The molecular formula is C16H27NO2S. The van der Waals surface area contributed by atoms with E-state index in [1.165, 1.54) is 0 Å². The van der Waals surface area contributed by atoms with Crippen LogP contribution in [0.5, 0.6) is 0 Å². The van der Waals surface area contributed by atoms with Gasteiger partial charge in [-0.25, -0.2) is 13.1 Å². The van der Waals surface area contributed by atoms with Crippen molar-refractivity contribution in [1.29, 1.82) is 0 Å². The number of hydrogen-bond acceptors (Lipinski definition) is 2. The van der Waals surface area contributed by atoms with Gasteiger partial charge in [-0.2, -0.15) is 0 Å². The lowest BCUT2D eigenvalue weighted by Gasteiger charge is -2.15. The number of sulfonamides is 1. The molecule has 0 aliphatic heterocycles. The smallest absolute Gasteiger partial charge is 0.215 e. The standard InChI is InChI=1S/C16H27NO2S/c1-4-6-7-15(5-2)12-17-20(18,19)13-16-10-8-14(3)9-11-16/h8-11,15,17H,4-7,12-13H2,1-3H3. The third-order valence-electron chi connectivity index (χ3n) is 3.61. The summed E-state index contributed by atoms with van der Waals surface area (Å²) in [7, 11) is -3.23. The van der Waals surface area contributed by atoms with E-state index in [-0.39, 0.29) is 5.75 Å². The maximum atomic E-state index is 12.1. The molecule has 1 unspecified atom stereocenters. The molecule has 1 aromatic carbocycles. The molecule has 1 atom stereocenters. The van der Waals surface area contributed by atoms with Crippen molar-refractivity contribution in [2.45, 2.75) is 52.2 Å². The minimum Gasteiger partial charge on any atom is -0.215 e. The van der Waals surface area contributed by atoms with Crippen LogP contribution in [-0.4, -0.2) is 15.0 Å². The van der Waals surface area contributed by atoms with Gasteiger partial charge in [-0.15, -0.1) is 0 Å². The molecule has 0 bridgehead atoms. The molecule has 4 heteroatoms. The molecule has 0 saturated carbocycles. The predicted molar refractivity (Wildman–Crippen MR) is 85.1 cm³/mol. The molecule has 0 radical (unpaired) electrons. The minimum atomic E-state index is -3.23. The van der Waals surface area contributed by atoms with Gasteiger partial charge >= 0.3 is 0 Å². The monoisotopic (exact) mass is 297 g/mol. The number of nitrogens with one attached hydrogen (secondary N) is 1. The summed E-state index contributed by atoms with van der Waals surface area (Å²) in [5.41, 5.74) is 1.98. The van der Waals surface area contributed by atoms with Gasteiger partial charge in [0.2, 0.25) is 10.0 Å². The van der Waals surface area contributed by atoms with Crippen molar-refractivity contribution in [3.63, 3.8) is 0 Å². The predicted octanol–water partition coefficient (Wildman–Crippen LogP) is 3.63. The lowest BCUT2D eigenvalue weighted by Crippen LogP contribution is -2.30. The zero-order valence-corrected chi connectivity index (χ0v) is 13.7. The first-order valence-corrected chi connectivity index (χ1v) is 9.15. The Morgan fingerprint density at radius 1 is 1.15 bits per heavy atom. The highest BCUT2D eigenvalue weighted by Crippen LogP contribution is 2.13. The number of hydrogen-bond donors (Lipinski definition) is 1. The molecule has 0 aliphatic rings. The first-order valence-electron chi connectivity index (χ1n) is 7.49. The Balaban J connectivity index is 2.50. The third kappa shape index (κ3) is 6.53. The van der Waals surface area contributed by atoms with E-state index in [4.69, 9.17) is 0 Å². The summed E-state index contributed by atoms with van der Waals surface area (Å²) in [6.07, 6.45) is 4.44. The van der Waals surface area contributed by atoms with Crippen LogP contribution in [0.15, 0.2) is 24.3 Å². The number of benzene rings is 1. The van der Waals surface area contributed by atoms with Crippen LogP contribution in [0.25, 0.3) is 0 Å². The van der Waals surface area contributed by atoms with Crippen molar-refractivity contribution in [2.75, 3.05) is 6.54 Å². The lowest BCUT2D eigenvalue weighted by atomic mass is 10.00. The quantitative estimate of drug-likeness (QED) is 0.756. The van der Waals surface area contributed by atoms with Crippen molar-refractivity contribution in [3.8, 4) is 0 Å². The molecule has 0 saturated heterocycles. The SMILES string of the molecule is CCCCC(CC)CNS(=O)(=O)Cc1ccc(C)cc1. The van der Waals surface area contributed by atoms with Crippen LogP contribution in [-0.2, 0) is 15.8 Å². The molecule has 0 heterocycles. The minimum absolute atomic E-state index is 0.0670. The van der Waals surface area contributed by atoms with Crippen molar-refractivity contribution < 1.29 is 8.42 Å². The average Bonchev–Trinajstić information content (AvgIpc) is 2.41. The van der Waals surface area contributed by atoms with Crippen molar-refractivity contribution in [2.24, 2.45) is 5.92 Å². The second-order valence-electron chi connectivity index (χ2n) is 5.51. The molecule has 0 fully saturated rings. The Hall–Kier alpha value is -0.870. The maximum absolute atomic E-state index is 12.1. The lowest BCUT2D eigenvalue weighted by molar-refractivity contribution is 0.443. The zero-order valence-electron chi connectivity index (χ0n) is 12.9. The topological polar surface area (TPSA) is 46.2 Å². The Morgan fingerprint density at radius 2 is 1.80 bits per heavy atom. The normalized spacial score (nSPS) is 13.3. The van der Waals surface area contributed by atoms with Crippen LogP contribution >= 0.6 is 0 Å². The van der Waals surface area contributed by atoms with Crippen LogP contribution in [0.2, 0.25) is 0 Å². The average molecular weight is 297 g/mol. The molecule has 0 aliphatic carbocycles. The summed E-state index contributed by atoms with van der Waals surface area (Å²) >= 11 is 0. The first-order chi connectivity index (χ1) is 9.46. The highest BCUT2D eigenvalue weighted by molar-refractivity contribution is 7.88. The van der Waals surface area contributed by atoms with Gasteiger partial charge in [-0.1, -0.05) is 62.9 Å². The van der Waals surface area contributed by atoms with Gasteiger partial charge < -0.3 is 0 Å². The van der Waals surface area contributed by atoms with Gasteiger partial charge in [0.1, 0.15) is 0 Å². The third-order valence-corrected chi connectivity index (χ3v) is 4.93. The van der Waals surface area contributed by atoms with Gasteiger partial charge in [0.05, 0.1) is 5.75 Å². The fourth-order valence-electron chi connectivity index (χ4n) is 2.14. The van der Waals surface area contributed by atoms with E-state index in [1.807, 2.05) is 31.2 Å². The van der Waals surface area contributed by atoms with Gasteiger partial charge in [0.15, 0.2) is 0 Å².